The van der Waals surface area contributed by atoms with Gasteiger partial charge in [-0.05, 0) is 25.0 Å². The first-order valence-electron chi connectivity index (χ1n) is 4.57. The lowest BCUT2D eigenvalue weighted by Crippen LogP contribution is -2.15. The summed E-state index contributed by atoms with van der Waals surface area (Å²) >= 11 is 0. The van der Waals surface area contributed by atoms with E-state index in [-0.39, 0.29) is 12.4 Å². The highest BCUT2D eigenvalue weighted by Crippen LogP contribution is 2.24. The van der Waals surface area contributed by atoms with Crippen molar-refractivity contribution in [3.8, 4) is 0 Å². The molecule has 0 saturated carbocycles. The number of nitrogens with two attached hydrogens (primary N) is 1. The van der Waals surface area contributed by atoms with E-state index in [9.17, 15) is 13.2 Å². The van der Waals surface area contributed by atoms with Crippen molar-refractivity contribution >= 4 is 12.4 Å². The van der Waals surface area contributed by atoms with Crippen LogP contribution in [0, 0.1) is 17.5 Å². The van der Waals surface area contributed by atoms with E-state index < -0.39 is 29.1 Å². The van der Waals surface area contributed by atoms with Crippen molar-refractivity contribution in [1.82, 2.24) is 0 Å². The fraction of sp³-hybridized carbons (Fsp3) is 0.273. The van der Waals surface area contributed by atoms with Crippen LogP contribution in [0.1, 0.15) is 24.4 Å². The van der Waals surface area contributed by atoms with Crippen LogP contribution in [0.2, 0.25) is 0 Å². The standard InChI is InChI=1S/C11H12F3N.ClH/c1-2-3-4-9(15)10-7(12)5-6-8(13)11(10)14;/h2,5-6,9H,1,3-4,15H2;1H/t9-;/m1./s1. The Bertz CT molecular complexity index is 368. The minimum atomic E-state index is -1.20. The summed E-state index contributed by atoms with van der Waals surface area (Å²) in [4.78, 5) is 0. The lowest BCUT2D eigenvalue weighted by atomic mass is 10.0. The maximum absolute atomic E-state index is 13.2. The Labute approximate surface area is 98.6 Å². The molecule has 1 aromatic carbocycles. The van der Waals surface area contributed by atoms with Gasteiger partial charge in [-0.1, -0.05) is 6.08 Å². The summed E-state index contributed by atoms with van der Waals surface area (Å²) in [6, 6.07) is 0.773. The zero-order chi connectivity index (χ0) is 11.4. The summed E-state index contributed by atoms with van der Waals surface area (Å²) in [5, 5.41) is 0. The number of benzene rings is 1. The number of halogens is 4. The predicted molar refractivity (Wildman–Crippen MR) is 59.9 cm³/mol. The average Bonchev–Trinajstić information content (AvgIpc) is 2.21. The summed E-state index contributed by atoms with van der Waals surface area (Å²) in [7, 11) is 0. The van der Waals surface area contributed by atoms with E-state index in [2.05, 4.69) is 6.58 Å². The molecule has 1 aromatic rings. The summed E-state index contributed by atoms with van der Waals surface area (Å²) in [6.07, 6.45) is 2.45. The lowest BCUT2D eigenvalue weighted by molar-refractivity contribution is 0.459. The second kappa shape index (κ2) is 6.55. The smallest absolute Gasteiger partial charge is 0.166 e. The first kappa shape index (κ1) is 15.0. The minimum absolute atomic E-state index is 0. The van der Waals surface area contributed by atoms with Crippen molar-refractivity contribution in [2.45, 2.75) is 18.9 Å². The number of hydrogen-bond acceptors (Lipinski definition) is 1. The Morgan fingerprint density at radius 3 is 2.38 bits per heavy atom. The van der Waals surface area contributed by atoms with Crippen molar-refractivity contribution in [2.24, 2.45) is 5.73 Å². The zero-order valence-electron chi connectivity index (χ0n) is 8.55. The molecule has 0 aliphatic rings. The molecule has 1 atom stereocenters. The number of allylic oxidation sites excluding steroid dienone is 1. The van der Waals surface area contributed by atoms with Gasteiger partial charge in [0.2, 0.25) is 0 Å². The zero-order valence-corrected chi connectivity index (χ0v) is 9.37. The fourth-order valence-electron chi connectivity index (χ4n) is 1.32. The molecular formula is C11H13ClF3N. The van der Waals surface area contributed by atoms with Gasteiger partial charge in [0.15, 0.2) is 11.6 Å². The van der Waals surface area contributed by atoms with Crippen LogP contribution >= 0.6 is 12.4 Å². The summed E-state index contributed by atoms with van der Waals surface area (Å²) in [5.74, 6) is -3.10. The van der Waals surface area contributed by atoms with E-state index in [1.165, 1.54) is 0 Å². The van der Waals surface area contributed by atoms with Crippen molar-refractivity contribution in [3.63, 3.8) is 0 Å². The van der Waals surface area contributed by atoms with Crippen molar-refractivity contribution in [2.75, 3.05) is 0 Å². The third-order valence-electron chi connectivity index (χ3n) is 2.13. The van der Waals surface area contributed by atoms with E-state index in [0.29, 0.717) is 12.8 Å². The largest absolute Gasteiger partial charge is 0.324 e. The maximum atomic E-state index is 13.2. The summed E-state index contributed by atoms with van der Waals surface area (Å²) < 4.78 is 39.2. The molecule has 2 N–H and O–H groups in total. The molecule has 5 heteroatoms. The monoisotopic (exact) mass is 251 g/mol. The van der Waals surface area contributed by atoms with E-state index in [0.717, 1.165) is 12.1 Å². The maximum Gasteiger partial charge on any atom is 0.166 e. The van der Waals surface area contributed by atoms with E-state index in [4.69, 9.17) is 5.73 Å². The van der Waals surface area contributed by atoms with Crippen LogP contribution in [0.25, 0.3) is 0 Å². The number of rotatable bonds is 4. The molecule has 1 nitrogen and oxygen atoms in total. The normalized spacial score (nSPS) is 11.8. The Hall–Kier alpha value is -1.00. The van der Waals surface area contributed by atoms with Crippen molar-refractivity contribution in [1.29, 1.82) is 0 Å². The van der Waals surface area contributed by atoms with Gasteiger partial charge in [0.25, 0.3) is 0 Å². The molecule has 0 unspecified atom stereocenters. The van der Waals surface area contributed by atoms with Crippen LogP contribution in [0.3, 0.4) is 0 Å². The van der Waals surface area contributed by atoms with Gasteiger partial charge in [-0.25, -0.2) is 13.2 Å². The first-order valence-corrected chi connectivity index (χ1v) is 4.57. The molecule has 0 radical (unpaired) electrons. The first-order chi connectivity index (χ1) is 7.07. The predicted octanol–water partition coefficient (Wildman–Crippen LogP) is 3.49. The van der Waals surface area contributed by atoms with Crippen LogP contribution in [-0.2, 0) is 0 Å². The molecule has 0 saturated heterocycles. The van der Waals surface area contributed by atoms with Crippen molar-refractivity contribution in [3.05, 3.63) is 47.8 Å². The average molecular weight is 252 g/mol. The third-order valence-corrected chi connectivity index (χ3v) is 2.13. The molecule has 0 spiro atoms. The molecule has 0 aliphatic heterocycles. The fourth-order valence-corrected chi connectivity index (χ4v) is 1.32. The van der Waals surface area contributed by atoms with E-state index in [1.54, 1.807) is 6.08 Å². The highest BCUT2D eigenvalue weighted by Gasteiger charge is 2.19. The number of hydrogen-bond donors (Lipinski definition) is 1. The Morgan fingerprint density at radius 1 is 1.25 bits per heavy atom. The van der Waals surface area contributed by atoms with Gasteiger partial charge in [0, 0.05) is 11.6 Å². The molecule has 0 aliphatic carbocycles. The molecule has 0 fully saturated rings. The van der Waals surface area contributed by atoms with Gasteiger partial charge in [-0.2, -0.15) is 0 Å². The van der Waals surface area contributed by atoms with Gasteiger partial charge in [-0.15, -0.1) is 19.0 Å². The van der Waals surface area contributed by atoms with Gasteiger partial charge in [-0.3, -0.25) is 0 Å². The molecule has 16 heavy (non-hydrogen) atoms. The van der Waals surface area contributed by atoms with Crippen LogP contribution in [0.4, 0.5) is 13.2 Å². The molecule has 0 amide bonds. The van der Waals surface area contributed by atoms with Gasteiger partial charge < -0.3 is 5.73 Å². The summed E-state index contributed by atoms with van der Waals surface area (Å²) in [5.41, 5.74) is 5.17. The highest BCUT2D eigenvalue weighted by molar-refractivity contribution is 5.85. The van der Waals surface area contributed by atoms with Crippen LogP contribution in [0.15, 0.2) is 24.8 Å². The third kappa shape index (κ3) is 3.25. The molecule has 1 rings (SSSR count). The van der Waals surface area contributed by atoms with E-state index in [1.807, 2.05) is 0 Å². The quantitative estimate of drug-likeness (QED) is 0.643. The molecular weight excluding hydrogens is 239 g/mol. The molecule has 0 heterocycles. The highest BCUT2D eigenvalue weighted by atomic mass is 35.5. The van der Waals surface area contributed by atoms with Gasteiger partial charge >= 0.3 is 0 Å². The van der Waals surface area contributed by atoms with Crippen LogP contribution < -0.4 is 5.73 Å². The minimum Gasteiger partial charge on any atom is -0.324 e. The Kier molecular flexibility index (Phi) is 6.14. The molecule has 0 bridgehead atoms. The van der Waals surface area contributed by atoms with Gasteiger partial charge in [0.1, 0.15) is 5.82 Å². The second-order valence-corrected chi connectivity index (χ2v) is 3.23. The van der Waals surface area contributed by atoms with Gasteiger partial charge in [0.05, 0.1) is 0 Å². The Balaban J connectivity index is 0.00000225. The summed E-state index contributed by atoms with van der Waals surface area (Å²) in [6.45, 7) is 3.47. The van der Waals surface area contributed by atoms with E-state index >= 15 is 0 Å². The van der Waals surface area contributed by atoms with Crippen LogP contribution in [-0.4, -0.2) is 0 Å². The molecule has 90 valence electrons. The topological polar surface area (TPSA) is 26.0 Å². The Morgan fingerprint density at radius 2 is 1.81 bits per heavy atom. The second-order valence-electron chi connectivity index (χ2n) is 3.23. The molecule has 0 aromatic heterocycles. The SMILES string of the molecule is C=CCC[C@@H](N)c1c(F)ccc(F)c1F.Cl. The lowest BCUT2D eigenvalue weighted by Gasteiger charge is -2.13. The van der Waals surface area contributed by atoms with Crippen molar-refractivity contribution < 1.29 is 13.2 Å². The van der Waals surface area contributed by atoms with Crippen LogP contribution in [0.5, 0.6) is 0 Å².